The maximum atomic E-state index is 13.1. The summed E-state index contributed by atoms with van der Waals surface area (Å²) in [4.78, 5) is 36.3. The van der Waals surface area contributed by atoms with Crippen molar-refractivity contribution in [3.63, 3.8) is 0 Å². The lowest BCUT2D eigenvalue weighted by atomic mass is 9.90. The van der Waals surface area contributed by atoms with Gasteiger partial charge >= 0.3 is 6.09 Å². The van der Waals surface area contributed by atoms with Gasteiger partial charge in [-0.25, -0.2) is 27.2 Å². The van der Waals surface area contributed by atoms with Crippen molar-refractivity contribution in [3.05, 3.63) is 84.2 Å². The Bertz CT molecular complexity index is 1620. The highest BCUT2D eigenvalue weighted by Crippen LogP contribution is 2.28. The lowest BCUT2D eigenvalue weighted by Crippen LogP contribution is -2.32. The fourth-order valence-electron chi connectivity index (χ4n) is 4.91. The number of anilines is 1. The number of hydrogen-bond acceptors (Lipinski definition) is 8. The molecule has 1 aliphatic rings. The van der Waals surface area contributed by atoms with Gasteiger partial charge in [-0.15, -0.1) is 0 Å². The molecule has 1 saturated heterocycles. The Balaban J connectivity index is 1.21. The molecule has 0 radical (unpaired) electrons. The number of fused-ring (bicyclic) bond motifs is 1. The highest BCUT2D eigenvalue weighted by atomic mass is 32.2. The normalized spacial score (nSPS) is 17.2. The van der Waals surface area contributed by atoms with Crippen LogP contribution in [-0.2, 0) is 26.2 Å². The summed E-state index contributed by atoms with van der Waals surface area (Å²) in [5, 5.41) is 3.02. The van der Waals surface area contributed by atoms with Crippen LogP contribution in [0.1, 0.15) is 24.5 Å². The van der Waals surface area contributed by atoms with Crippen molar-refractivity contribution in [3.8, 4) is 0 Å². The molecule has 208 valence electrons. The van der Waals surface area contributed by atoms with E-state index in [-0.39, 0.29) is 41.3 Å². The number of carbonyl (C=O) groups excluding carboxylic acids is 2. The second-order valence-electron chi connectivity index (χ2n) is 9.93. The van der Waals surface area contributed by atoms with Gasteiger partial charge in [-0.2, -0.15) is 0 Å². The van der Waals surface area contributed by atoms with Crippen LogP contribution in [0.2, 0.25) is 0 Å². The number of likely N-dealkylation sites (tertiary alicyclic amines) is 1. The summed E-state index contributed by atoms with van der Waals surface area (Å²) < 4.78 is 32.8. The molecule has 10 nitrogen and oxygen atoms in total. The predicted octanol–water partition coefficient (Wildman–Crippen LogP) is 4.25. The van der Waals surface area contributed by atoms with Crippen LogP contribution in [0.25, 0.3) is 11.2 Å². The van der Waals surface area contributed by atoms with Crippen molar-refractivity contribution in [2.45, 2.75) is 31.8 Å². The first-order chi connectivity index (χ1) is 19.3. The molecule has 40 heavy (non-hydrogen) atoms. The van der Waals surface area contributed by atoms with Crippen molar-refractivity contribution in [1.29, 1.82) is 0 Å². The van der Waals surface area contributed by atoms with E-state index in [2.05, 4.69) is 15.3 Å². The van der Waals surface area contributed by atoms with Gasteiger partial charge in [0.05, 0.1) is 17.6 Å². The Morgan fingerprint density at radius 3 is 2.52 bits per heavy atom. The first kappa shape index (κ1) is 27.3. The lowest BCUT2D eigenvalue weighted by Gasteiger charge is -2.16. The van der Waals surface area contributed by atoms with E-state index in [0.717, 1.165) is 21.5 Å². The summed E-state index contributed by atoms with van der Waals surface area (Å²) in [6.45, 7) is 4.86. The number of Topliss-reactive ketones (excluding diaryl/α,β-unsaturated/α-hetero) is 1. The maximum Gasteiger partial charge on any atom is 0.410 e. The van der Waals surface area contributed by atoms with E-state index in [1.165, 1.54) is 12.4 Å². The van der Waals surface area contributed by atoms with Crippen LogP contribution < -0.4 is 5.32 Å². The molecule has 1 fully saturated rings. The molecule has 11 heteroatoms. The highest BCUT2D eigenvalue weighted by Gasteiger charge is 2.38. The summed E-state index contributed by atoms with van der Waals surface area (Å²) in [5.41, 5.74) is 2.44. The summed E-state index contributed by atoms with van der Waals surface area (Å²) in [6.07, 6.45) is 3.17. The number of benzene rings is 2. The Labute approximate surface area is 233 Å². The molecule has 1 N–H and O–H groups in total. The van der Waals surface area contributed by atoms with Crippen molar-refractivity contribution in [2.24, 2.45) is 11.8 Å². The molecular weight excluding hydrogens is 530 g/mol. The molecule has 1 aliphatic heterocycles. The molecule has 2 aromatic carbocycles. The van der Waals surface area contributed by atoms with Crippen LogP contribution in [0.15, 0.2) is 78.0 Å². The van der Waals surface area contributed by atoms with Crippen LogP contribution >= 0.6 is 0 Å². The zero-order valence-corrected chi connectivity index (χ0v) is 23.2. The fraction of sp³-hybridized carbons (Fsp3) is 0.310. The monoisotopic (exact) mass is 561 g/mol. The predicted molar refractivity (Wildman–Crippen MR) is 150 cm³/mol. The molecular formula is C29H31N5O5S. The standard InChI is InChI=1S/C29H31N5O5S/c1-3-22-17-33(29(36)39-19-21-7-5-4-6-8-21)18-24(22)26(35)15-30-27-16-31-28-25(32-27)13-14-34(28)40(37,38)23-11-9-20(2)10-12-23/h4-14,16,22,24H,3,15,17-19H2,1-2H3,(H,30,32). The van der Waals surface area contributed by atoms with Crippen LogP contribution in [-0.4, -0.2) is 58.8 Å². The first-order valence-corrected chi connectivity index (χ1v) is 14.6. The molecule has 0 saturated carbocycles. The molecule has 1 amide bonds. The SMILES string of the molecule is CCC1CN(C(=O)OCc2ccccc2)CC1C(=O)CNc1cnc2c(ccn2S(=O)(=O)c2ccc(C)cc2)n1. The number of aryl methyl sites for hydroxylation is 1. The second kappa shape index (κ2) is 11.5. The van der Waals surface area contributed by atoms with E-state index in [4.69, 9.17) is 4.74 Å². The molecule has 2 aromatic heterocycles. The summed E-state index contributed by atoms with van der Waals surface area (Å²) in [5.74, 6) is 0.0375. The van der Waals surface area contributed by atoms with E-state index in [0.29, 0.717) is 24.4 Å². The van der Waals surface area contributed by atoms with Crippen LogP contribution in [0, 0.1) is 18.8 Å². The minimum absolute atomic E-state index is 0.0105. The highest BCUT2D eigenvalue weighted by molar-refractivity contribution is 7.90. The van der Waals surface area contributed by atoms with Gasteiger partial charge in [-0.05, 0) is 36.6 Å². The third-order valence-electron chi connectivity index (χ3n) is 7.22. The van der Waals surface area contributed by atoms with Crippen LogP contribution in [0.4, 0.5) is 10.6 Å². The van der Waals surface area contributed by atoms with E-state index in [1.807, 2.05) is 44.2 Å². The average molecular weight is 562 g/mol. The molecule has 2 atom stereocenters. The van der Waals surface area contributed by atoms with Gasteiger partial charge in [0.1, 0.15) is 17.9 Å². The summed E-state index contributed by atoms with van der Waals surface area (Å²) in [6, 6.07) is 17.6. The Morgan fingerprint density at radius 2 is 1.80 bits per heavy atom. The number of nitrogens with one attached hydrogen (secondary N) is 1. The molecule has 0 bridgehead atoms. The number of amides is 1. The molecule has 0 spiro atoms. The van der Waals surface area contributed by atoms with Gasteiger partial charge in [0.15, 0.2) is 11.4 Å². The Kier molecular flexibility index (Phi) is 7.83. The van der Waals surface area contributed by atoms with Crippen LogP contribution in [0.3, 0.4) is 0 Å². The lowest BCUT2D eigenvalue weighted by molar-refractivity contribution is -0.121. The Morgan fingerprint density at radius 1 is 1.05 bits per heavy atom. The number of nitrogens with zero attached hydrogens (tertiary/aromatic N) is 4. The minimum Gasteiger partial charge on any atom is -0.445 e. The van der Waals surface area contributed by atoms with Gasteiger partial charge in [0.2, 0.25) is 0 Å². The zero-order valence-electron chi connectivity index (χ0n) is 22.4. The van der Waals surface area contributed by atoms with Crippen molar-refractivity contribution in [2.75, 3.05) is 25.0 Å². The number of rotatable bonds is 9. The largest absolute Gasteiger partial charge is 0.445 e. The van der Waals surface area contributed by atoms with Gasteiger partial charge in [0, 0.05) is 25.2 Å². The van der Waals surface area contributed by atoms with Crippen molar-refractivity contribution < 1.29 is 22.7 Å². The van der Waals surface area contributed by atoms with Crippen molar-refractivity contribution >= 4 is 38.9 Å². The quantitative estimate of drug-likeness (QED) is 0.322. The number of ketones is 1. The molecule has 3 heterocycles. The van der Waals surface area contributed by atoms with Crippen LogP contribution in [0.5, 0.6) is 0 Å². The third-order valence-corrected chi connectivity index (χ3v) is 8.90. The second-order valence-corrected chi connectivity index (χ2v) is 11.7. The molecule has 0 aliphatic carbocycles. The number of aromatic nitrogens is 3. The number of hydrogen-bond donors (Lipinski definition) is 1. The molecule has 4 aromatic rings. The van der Waals surface area contributed by atoms with E-state index >= 15 is 0 Å². The Hall–Kier alpha value is -4.25. The minimum atomic E-state index is -3.83. The third kappa shape index (κ3) is 5.69. The number of carbonyl (C=O) groups is 2. The van der Waals surface area contributed by atoms with E-state index < -0.39 is 16.1 Å². The molecule has 5 rings (SSSR count). The topological polar surface area (TPSA) is 123 Å². The maximum absolute atomic E-state index is 13.1. The van der Waals surface area contributed by atoms with Gasteiger partial charge in [-0.3, -0.25) is 4.79 Å². The fourth-order valence-corrected chi connectivity index (χ4v) is 6.21. The van der Waals surface area contributed by atoms with Crippen molar-refractivity contribution in [1.82, 2.24) is 18.8 Å². The zero-order chi connectivity index (χ0) is 28.3. The van der Waals surface area contributed by atoms with E-state index in [9.17, 15) is 18.0 Å². The van der Waals surface area contributed by atoms with E-state index in [1.54, 1.807) is 35.2 Å². The van der Waals surface area contributed by atoms with Gasteiger partial charge in [0.25, 0.3) is 10.0 Å². The number of ether oxygens (including phenoxy) is 1. The molecule has 2 unspecified atom stereocenters. The summed E-state index contributed by atoms with van der Waals surface area (Å²) in [7, 11) is -3.83. The first-order valence-electron chi connectivity index (χ1n) is 13.1. The smallest absolute Gasteiger partial charge is 0.410 e. The summed E-state index contributed by atoms with van der Waals surface area (Å²) >= 11 is 0. The average Bonchev–Trinajstić information content (AvgIpc) is 3.60. The van der Waals surface area contributed by atoms with Gasteiger partial charge < -0.3 is 15.0 Å². The van der Waals surface area contributed by atoms with Gasteiger partial charge in [-0.1, -0.05) is 61.4 Å².